The van der Waals surface area contributed by atoms with Crippen LogP contribution in [-0.4, -0.2) is 0 Å². The molecule has 4 unspecified atom stereocenters. The van der Waals surface area contributed by atoms with Gasteiger partial charge in [0.15, 0.2) is 0 Å². The molecular weight excluding hydrogens is 168 g/mol. The molecule has 0 heterocycles. The van der Waals surface area contributed by atoms with Crippen molar-refractivity contribution in [3.63, 3.8) is 0 Å². The van der Waals surface area contributed by atoms with Gasteiger partial charge in [0.25, 0.3) is 0 Å². The van der Waals surface area contributed by atoms with Crippen LogP contribution in [0.4, 0.5) is 0 Å². The highest BCUT2D eigenvalue weighted by atomic mass is 14.6. The highest BCUT2D eigenvalue weighted by Gasteiger charge is 2.57. The van der Waals surface area contributed by atoms with Crippen molar-refractivity contribution < 1.29 is 0 Å². The molecule has 0 nitrogen and oxygen atoms in total. The van der Waals surface area contributed by atoms with E-state index in [2.05, 4.69) is 20.8 Å². The van der Waals surface area contributed by atoms with Crippen LogP contribution in [0.25, 0.3) is 0 Å². The lowest BCUT2D eigenvalue weighted by Crippen LogP contribution is -2.35. The third-order valence-electron chi connectivity index (χ3n) is 5.58. The lowest BCUT2D eigenvalue weighted by molar-refractivity contribution is 0.0510. The third-order valence-corrected chi connectivity index (χ3v) is 5.58. The van der Waals surface area contributed by atoms with Gasteiger partial charge in [0.2, 0.25) is 0 Å². The summed E-state index contributed by atoms with van der Waals surface area (Å²) in [7, 11) is 0. The summed E-state index contributed by atoms with van der Waals surface area (Å²) in [6.07, 6.45) is 7.65. The van der Waals surface area contributed by atoms with Crippen LogP contribution < -0.4 is 0 Å². The first-order chi connectivity index (χ1) is 6.63. The molecule has 0 N–H and O–H groups in total. The Morgan fingerprint density at radius 1 is 1.07 bits per heavy atom. The fraction of sp³-hybridized carbons (Fsp3) is 1.00. The van der Waals surface area contributed by atoms with Crippen molar-refractivity contribution in [2.45, 2.75) is 52.9 Å². The van der Waals surface area contributed by atoms with Crippen LogP contribution in [-0.2, 0) is 0 Å². The summed E-state index contributed by atoms with van der Waals surface area (Å²) >= 11 is 0. The summed E-state index contributed by atoms with van der Waals surface area (Å²) in [4.78, 5) is 0. The molecular formula is C14H24. The normalized spacial score (nSPS) is 60.6. The Hall–Kier alpha value is 0. The first-order valence-corrected chi connectivity index (χ1v) is 6.63. The van der Waals surface area contributed by atoms with Gasteiger partial charge in [-0.05, 0) is 60.7 Å². The molecule has 0 aromatic carbocycles. The minimum Gasteiger partial charge on any atom is -0.0649 e. The second-order valence-electron chi connectivity index (χ2n) is 6.77. The van der Waals surface area contributed by atoms with Crippen molar-refractivity contribution in [1.29, 1.82) is 0 Å². The van der Waals surface area contributed by atoms with E-state index in [9.17, 15) is 0 Å². The van der Waals surface area contributed by atoms with Crippen molar-refractivity contribution in [3.05, 3.63) is 0 Å². The van der Waals surface area contributed by atoms with Gasteiger partial charge in [0.1, 0.15) is 0 Å². The largest absolute Gasteiger partial charge is 0.0649 e. The number of hydrogen-bond acceptors (Lipinski definition) is 0. The smallest absolute Gasteiger partial charge is 0.0323 e. The van der Waals surface area contributed by atoms with Gasteiger partial charge >= 0.3 is 0 Å². The number of hydrogen-bond donors (Lipinski definition) is 0. The van der Waals surface area contributed by atoms with Gasteiger partial charge in [0.05, 0.1) is 0 Å². The molecule has 3 aliphatic carbocycles. The van der Waals surface area contributed by atoms with Gasteiger partial charge in [-0.1, -0.05) is 27.2 Å². The van der Waals surface area contributed by atoms with Gasteiger partial charge in [-0.25, -0.2) is 0 Å². The maximum Gasteiger partial charge on any atom is -0.0323 e. The zero-order valence-electron chi connectivity index (χ0n) is 9.92. The highest BCUT2D eigenvalue weighted by molar-refractivity contribution is 5.06. The topological polar surface area (TPSA) is 0 Å². The van der Waals surface area contributed by atoms with Crippen molar-refractivity contribution in [2.75, 3.05) is 0 Å². The van der Waals surface area contributed by atoms with Crippen LogP contribution in [0.2, 0.25) is 0 Å². The molecule has 0 radical (unpaired) electrons. The lowest BCUT2D eigenvalue weighted by Gasteiger charge is -2.45. The molecule has 0 heteroatoms. The van der Waals surface area contributed by atoms with E-state index in [-0.39, 0.29) is 0 Å². The average molecular weight is 192 g/mol. The van der Waals surface area contributed by atoms with Crippen LogP contribution in [0.3, 0.4) is 0 Å². The van der Waals surface area contributed by atoms with E-state index in [1.54, 1.807) is 25.7 Å². The maximum atomic E-state index is 2.49. The van der Waals surface area contributed by atoms with Crippen molar-refractivity contribution in [3.8, 4) is 0 Å². The van der Waals surface area contributed by atoms with Gasteiger partial charge in [0, 0.05) is 0 Å². The summed E-state index contributed by atoms with van der Waals surface area (Å²) in [6.45, 7) is 7.29. The zero-order chi connectivity index (χ0) is 9.92. The molecule has 14 heavy (non-hydrogen) atoms. The van der Waals surface area contributed by atoms with E-state index >= 15 is 0 Å². The molecule has 3 saturated carbocycles. The molecule has 80 valence electrons. The van der Waals surface area contributed by atoms with Crippen LogP contribution in [0.1, 0.15) is 52.9 Å². The van der Waals surface area contributed by atoms with E-state index in [1.807, 2.05) is 0 Å². The molecule has 0 amide bonds. The summed E-state index contributed by atoms with van der Waals surface area (Å²) in [5.41, 5.74) is 0.743. The minimum atomic E-state index is 0.743. The Bertz CT molecular complexity index is 236. The first-order valence-electron chi connectivity index (χ1n) is 6.63. The fourth-order valence-corrected chi connectivity index (χ4v) is 4.02. The Morgan fingerprint density at radius 3 is 2.21 bits per heavy atom. The monoisotopic (exact) mass is 192 g/mol. The van der Waals surface area contributed by atoms with E-state index < -0.39 is 0 Å². The highest BCUT2D eigenvalue weighted by Crippen LogP contribution is 2.65. The second-order valence-corrected chi connectivity index (χ2v) is 6.77. The molecule has 0 bridgehead atoms. The van der Waals surface area contributed by atoms with Crippen LogP contribution >= 0.6 is 0 Å². The van der Waals surface area contributed by atoms with E-state index in [4.69, 9.17) is 0 Å². The van der Waals surface area contributed by atoms with Crippen molar-refractivity contribution in [1.82, 2.24) is 0 Å². The van der Waals surface area contributed by atoms with Crippen LogP contribution in [0.5, 0.6) is 0 Å². The maximum absolute atomic E-state index is 2.49. The van der Waals surface area contributed by atoms with E-state index in [0.29, 0.717) is 0 Å². The molecule has 3 fully saturated rings. The van der Waals surface area contributed by atoms with Gasteiger partial charge in [-0.2, -0.15) is 0 Å². The minimum absolute atomic E-state index is 0.743. The quantitative estimate of drug-likeness (QED) is 0.631. The van der Waals surface area contributed by atoms with E-state index in [1.165, 1.54) is 18.3 Å². The Labute approximate surface area is 88.5 Å². The molecule has 3 aliphatic rings. The van der Waals surface area contributed by atoms with Crippen molar-refractivity contribution in [2.24, 2.45) is 35.0 Å². The summed E-state index contributed by atoms with van der Waals surface area (Å²) < 4.78 is 0. The molecule has 0 spiro atoms. The Kier molecular flexibility index (Phi) is 1.83. The van der Waals surface area contributed by atoms with Crippen LogP contribution in [0.15, 0.2) is 0 Å². The molecule has 0 saturated heterocycles. The summed E-state index contributed by atoms with van der Waals surface area (Å²) in [5.74, 6) is 5.73. The first kappa shape index (κ1) is 9.24. The second kappa shape index (κ2) is 2.77. The van der Waals surface area contributed by atoms with Gasteiger partial charge in [-0.3, -0.25) is 0 Å². The zero-order valence-corrected chi connectivity index (χ0v) is 9.92. The predicted molar refractivity (Wildman–Crippen MR) is 60.0 cm³/mol. The molecule has 3 rings (SSSR count). The summed E-state index contributed by atoms with van der Waals surface area (Å²) in [6, 6.07) is 0. The fourth-order valence-electron chi connectivity index (χ4n) is 4.02. The SMILES string of the molecule is CCC1(C)CC(C2CC2C2CC2C)C1. The van der Waals surface area contributed by atoms with E-state index in [0.717, 1.165) is 23.2 Å². The molecule has 0 aromatic heterocycles. The molecule has 0 aromatic rings. The predicted octanol–water partition coefficient (Wildman–Crippen LogP) is 4.10. The van der Waals surface area contributed by atoms with Gasteiger partial charge in [-0.15, -0.1) is 0 Å². The third kappa shape index (κ3) is 1.33. The lowest BCUT2D eigenvalue weighted by atomic mass is 9.60. The number of rotatable bonds is 3. The average Bonchev–Trinajstić information content (AvgIpc) is 2.94. The molecule has 4 atom stereocenters. The molecule has 0 aliphatic heterocycles. The Morgan fingerprint density at radius 2 is 1.71 bits per heavy atom. The van der Waals surface area contributed by atoms with Crippen molar-refractivity contribution >= 4 is 0 Å². The van der Waals surface area contributed by atoms with Gasteiger partial charge < -0.3 is 0 Å². The standard InChI is InChI=1S/C14H24/c1-4-14(3)7-10(8-14)12-6-13(12)11-5-9(11)2/h9-13H,4-8H2,1-3H3. The summed E-state index contributed by atoms with van der Waals surface area (Å²) in [5, 5.41) is 0. The van der Waals surface area contributed by atoms with Crippen LogP contribution in [0, 0.1) is 35.0 Å². The Balaban J connectivity index is 1.48.